The van der Waals surface area contributed by atoms with Gasteiger partial charge in [0.15, 0.2) is 0 Å². The molecule has 2 rings (SSSR count). The van der Waals surface area contributed by atoms with Crippen LogP contribution in [0.25, 0.3) is 0 Å². The van der Waals surface area contributed by atoms with Crippen molar-refractivity contribution >= 4 is 17.3 Å². The number of anilines is 2. The summed E-state index contributed by atoms with van der Waals surface area (Å²) in [7, 11) is 1.63. The molecule has 1 unspecified atom stereocenters. The van der Waals surface area contributed by atoms with Gasteiger partial charge in [-0.05, 0) is 44.9 Å². The van der Waals surface area contributed by atoms with E-state index in [0.717, 1.165) is 25.1 Å². The van der Waals surface area contributed by atoms with Crippen LogP contribution in [0.5, 0.6) is 0 Å². The maximum atomic E-state index is 11.9. The highest BCUT2D eigenvalue weighted by atomic mass is 16.5. The number of carbonyl (C=O) groups excluding carboxylic acids is 1. The summed E-state index contributed by atoms with van der Waals surface area (Å²) < 4.78 is 5.71. The molecule has 1 heterocycles. The Kier molecular flexibility index (Phi) is 4.18. The van der Waals surface area contributed by atoms with E-state index in [2.05, 4.69) is 24.5 Å². The van der Waals surface area contributed by atoms with E-state index in [1.807, 2.05) is 6.07 Å². The van der Waals surface area contributed by atoms with Gasteiger partial charge in [0, 0.05) is 31.1 Å². The zero-order chi connectivity index (χ0) is 14.8. The predicted octanol–water partition coefficient (Wildman–Crippen LogP) is 2.00. The van der Waals surface area contributed by atoms with Crippen LogP contribution in [-0.4, -0.2) is 31.2 Å². The first-order valence-corrected chi connectivity index (χ1v) is 6.93. The van der Waals surface area contributed by atoms with Crippen LogP contribution < -0.4 is 16.4 Å². The molecular weight excluding hydrogens is 254 g/mol. The van der Waals surface area contributed by atoms with Crippen LogP contribution in [0.4, 0.5) is 11.4 Å². The van der Waals surface area contributed by atoms with Gasteiger partial charge >= 0.3 is 0 Å². The van der Waals surface area contributed by atoms with E-state index < -0.39 is 0 Å². The fraction of sp³-hybridized carbons (Fsp3) is 0.533. The summed E-state index contributed by atoms with van der Waals surface area (Å²) in [6.07, 6.45) is 1.82. The van der Waals surface area contributed by atoms with Crippen LogP contribution in [0, 0.1) is 0 Å². The molecule has 0 spiro atoms. The largest absolute Gasteiger partial charge is 0.399 e. The first kappa shape index (κ1) is 14.7. The minimum Gasteiger partial charge on any atom is -0.399 e. The second-order valence-corrected chi connectivity index (χ2v) is 5.83. The van der Waals surface area contributed by atoms with Crippen molar-refractivity contribution < 1.29 is 9.53 Å². The van der Waals surface area contributed by atoms with Gasteiger partial charge in [0.1, 0.15) is 0 Å². The lowest BCUT2D eigenvalue weighted by Gasteiger charge is -2.36. The molecule has 20 heavy (non-hydrogen) atoms. The smallest absolute Gasteiger partial charge is 0.253 e. The van der Waals surface area contributed by atoms with Gasteiger partial charge in [0.2, 0.25) is 0 Å². The van der Waals surface area contributed by atoms with Gasteiger partial charge in [0.25, 0.3) is 5.91 Å². The van der Waals surface area contributed by atoms with Crippen LogP contribution in [-0.2, 0) is 4.74 Å². The Morgan fingerprint density at radius 3 is 2.85 bits per heavy atom. The molecule has 1 aromatic rings. The van der Waals surface area contributed by atoms with Gasteiger partial charge in [-0.15, -0.1) is 0 Å². The summed E-state index contributed by atoms with van der Waals surface area (Å²) in [4.78, 5) is 11.9. The highest BCUT2D eigenvalue weighted by Crippen LogP contribution is 2.28. The Morgan fingerprint density at radius 2 is 2.20 bits per heavy atom. The van der Waals surface area contributed by atoms with E-state index in [1.54, 1.807) is 19.2 Å². The van der Waals surface area contributed by atoms with Crippen molar-refractivity contribution in [3.05, 3.63) is 23.8 Å². The summed E-state index contributed by atoms with van der Waals surface area (Å²) in [6, 6.07) is 5.58. The van der Waals surface area contributed by atoms with Crippen molar-refractivity contribution in [1.29, 1.82) is 0 Å². The Labute approximate surface area is 119 Å². The SMILES string of the molecule is CNC(=O)c1ccc(N)cc1NC1CCOC(C)(C)C1. The molecule has 5 nitrogen and oxygen atoms in total. The molecule has 1 atom stereocenters. The number of nitrogens with one attached hydrogen (secondary N) is 2. The summed E-state index contributed by atoms with van der Waals surface area (Å²) in [5.74, 6) is -0.112. The second kappa shape index (κ2) is 5.71. The number of nitrogen functional groups attached to an aromatic ring is 1. The highest BCUT2D eigenvalue weighted by molar-refractivity contribution is 6.00. The van der Waals surface area contributed by atoms with Gasteiger partial charge in [-0.3, -0.25) is 4.79 Å². The van der Waals surface area contributed by atoms with Gasteiger partial charge in [0.05, 0.1) is 11.2 Å². The van der Waals surface area contributed by atoms with E-state index in [9.17, 15) is 4.79 Å². The van der Waals surface area contributed by atoms with Gasteiger partial charge in [-0.25, -0.2) is 0 Å². The third-order valence-corrected chi connectivity index (χ3v) is 3.57. The normalized spacial score (nSPS) is 21.2. The number of nitrogens with two attached hydrogens (primary N) is 1. The zero-order valence-corrected chi connectivity index (χ0v) is 12.3. The molecule has 1 amide bonds. The number of rotatable bonds is 3. The minimum atomic E-state index is -0.135. The maximum absolute atomic E-state index is 11.9. The lowest BCUT2D eigenvalue weighted by atomic mass is 9.93. The van der Waals surface area contributed by atoms with Crippen molar-refractivity contribution in [2.45, 2.75) is 38.3 Å². The number of hydrogen-bond donors (Lipinski definition) is 3. The number of carbonyl (C=O) groups is 1. The van der Waals surface area contributed by atoms with Crippen LogP contribution >= 0.6 is 0 Å². The molecule has 0 aromatic heterocycles. The molecule has 0 saturated carbocycles. The van der Waals surface area contributed by atoms with Crippen molar-refractivity contribution in [3.63, 3.8) is 0 Å². The molecule has 1 aromatic carbocycles. The third-order valence-electron chi connectivity index (χ3n) is 3.57. The number of benzene rings is 1. The molecule has 1 fully saturated rings. The monoisotopic (exact) mass is 277 g/mol. The first-order chi connectivity index (χ1) is 9.41. The highest BCUT2D eigenvalue weighted by Gasteiger charge is 2.29. The third kappa shape index (κ3) is 3.42. The predicted molar refractivity (Wildman–Crippen MR) is 80.9 cm³/mol. The lowest BCUT2D eigenvalue weighted by molar-refractivity contribution is -0.0553. The molecule has 0 bridgehead atoms. The minimum absolute atomic E-state index is 0.112. The molecule has 0 aliphatic carbocycles. The zero-order valence-electron chi connectivity index (χ0n) is 12.3. The molecule has 1 aliphatic heterocycles. The number of amides is 1. The summed E-state index contributed by atoms with van der Waals surface area (Å²) >= 11 is 0. The quantitative estimate of drug-likeness (QED) is 0.739. The molecular formula is C15H23N3O2. The van der Waals surface area contributed by atoms with E-state index in [4.69, 9.17) is 10.5 Å². The Balaban J connectivity index is 2.19. The van der Waals surface area contributed by atoms with Gasteiger partial charge in [-0.2, -0.15) is 0 Å². The Hall–Kier alpha value is -1.75. The van der Waals surface area contributed by atoms with E-state index in [-0.39, 0.29) is 17.6 Å². The average molecular weight is 277 g/mol. The molecule has 4 N–H and O–H groups in total. The van der Waals surface area contributed by atoms with Crippen molar-refractivity contribution in [2.75, 3.05) is 24.7 Å². The van der Waals surface area contributed by atoms with Gasteiger partial charge < -0.3 is 21.1 Å². The van der Waals surface area contributed by atoms with Crippen molar-refractivity contribution in [2.24, 2.45) is 0 Å². The summed E-state index contributed by atoms with van der Waals surface area (Å²) in [6.45, 7) is 4.89. The fourth-order valence-corrected chi connectivity index (χ4v) is 2.59. The second-order valence-electron chi connectivity index (χ2n) is 5.83. The summed E-state index contributed by atoms with van der Waals surface area (Å²) in [5.41, 5.74) is 7.74. The standard InChI is InChI=1S/C15H23N3O2/c1-15(2)9-11(6-7-20-15)18-13-8-10(16)4-5-12(13)14(19)17-3/h4-5,8,11,18H,6-7,9,16H2,1-3H3,(H,17,19). The molecule has 5 heteroatoms. The van der Waals surface area contributed by atoms with E-state index in [0.29, 0.717) is 11.3 Å². The molecule has 1 saturated heterocycles. The topological polar surface area (TPSA) is 76.4 Å². The Morgan fingerprint density at radius 1 is 1.45 bits per heavy atom. The van der Waals surface area contributed by atoms with Crippen molar-refractivity contribution in [3.8, 4) is 0 Å². The van der Waals surface area contributed by atoms with Crippen LogP contribution in [0.15, 0.2) is 18.2 Å². The van der Waals surface area contributed by atoms with Crippen LogP contribution in [0.1, 0.15) is 37.0 Å². The van der Waals surface area contributed by atoms with E-state index in [1.165, 1.54) is 0 Å². The van der Waals surface area contributed by atoms with Crippen molar-refractivity contribution in [1.82, 2.24) is 5.32 Å². The fourth-order valence-electron chi connectivity index (χ4n) is 2.59. The number of hydrogen-bond acceptors (Lipinski definition) is 4. The maximum Gasteiger partial charge on any atom is 0.253 e. The summed E-state index contributed by atoms with van der Waals surface area (Å²) in [5, 5.41) is 6.09. The molecule has 1 aliphatic rings. The van der Waals surface area contributed by atoms with Crippen LogP contribution in [0.3, 0.4) is 0 Å². The molecule has 110 valence electrons. The first-order valence-electron chi connectivity index (χ1n) is 6.93. The Bertz CT molecular complexity index is 500. The van der Waals surface area contributed by atoms with Crippen LogP contribution in [0.2, 0.25) is 0 Å². The lowest BCUT2D eigenvalue weighted by Crippen LogP contribution is -2.40. The number of ether oxygens (including phenoxy) is 1. The van der Waals surface area contributed by atoms with E-state index >= 15 is 0 Å². The van der Waals surface area contributed by atoms with Gasteiger partial charge in [-0.1, -0.05) is 0 Å². The average Bonchev–Trinajstić information content (AvgIpc) is 2.37. The molecule has 0 radical (unpaired) electrons.